The molecule has 2 heterocycles. The summed E-state index contributed by atoms with van der Waals surface area (Å²) in [6.07, 6.45) is 0. The fourth-order valence-electron chi connectivity index (χ4n) is 3.86. The van der Waals surface area contributed by atoms with Crippen molar-refractivity contribution in [1.82, 2.24) is 30.0 Å². The first-order chi connectivity index (χ1) is 17.7. The Morgan fingerprint density at radius 1 is 0.583 bits per heavy atom. The molecular formula is C26H20N6O4. The van der Waals surface area contributed by atoms with E-state index in [2.05, 4.69) is 20.4 Å². The molecule has 0 amide bonds. The van der Waals surface area contributed by atoms with Crippen LogP contribution in [0.4, 0.5) is 0 Å². The molecule has 0 fully saturated rings. The lowest BCUT2D eigenvalue weighted by Crippen LogP contribution is -2.12. The monoisotopic (exact) mass is 480 g/mol. The van der Waals surface area contributed by atoms with Crippen molar-refractivity contribution in [3.05, 3.63) is 84.9 Å². The van der Waals surface area contributed by atoms with Crippen LogP contribution in [-0.4, -0.2) is 53.4 Å². The van der Waals surface area contributed by atoms with Gasteiger partial charge in [-0.25, -0.2) is 0 Å². The molecule has 10 nitrogen and oxygen atoms in total. The largest absolute Gasteiger partial charge is 0.505 e. The van der Waals surface area contributed by atoms with Gasteiger partial charge in [0.05, 0.1) is 0 Å². The Kier molecular flexibility index (Phi) is 5.30. The first kappa shape index (κ1) is 21.4. The highest BCUT2D eigenvalue weighted by atomic mass is 16.5. The second-order valence-corrected chi connectivity index (χ2v) is 7.91. The number of aromatic hydroxyl groups is 2. The average molecular weight is 480 g/mol. The van der Waals surface area contributed by atoms with Crippen LogP contribution >= 0.6 is 0 Å². The Morgan fingerprint density at radius 3 is 1.61 bits per heavy atom. The zero-order valence-electron chi connectivity index (χ0n) is 18.9. The molecule has 6 rings (SSSR count). The topological polar surface area (TPSA) is 120 Å². The van der Waals surface area contributed by atoms with E-state index in [1.54, 1.807) is 12.1 Å². The van der Waals surface area contributed by atoms with Crippen LogP contribution in [0.25, 0.3) is 33.4 Å². The Balaban J connectivity index is 1.41. The Hall–Kier alpha value is -5.12. The van der Waals surface area contributed by atoms with Crippen molar-refractivity contribution < 1.29 is 19.7 Å². The number of phenolic OH excluding ortho intramolecular Hbond substituents is 2. The maximum Gasteiger partial charge on any atom is 0.178 e. The van der Waals surface area contributed by atoms with Crippen LogP contribution in [0.3, 0.4) is 0 Å². The minimum absolute atomic E-state index is 0.0181. The van der Waals surface area contributed by atoms with E-state index < -0.39 is 0 Å². The van der Waals surface area contributed by atoms with Crippen molar-refractivity contribution >= 4 is 22.1 Å². The maximum absolute atomic E-state index is 11.4. The van der Waals surface area contributed by atoms with Crippen molar-refractivity contribution in [2.24, 2.45) is 0 Å². The summed E-state index contributed by atoms with van der Waals surface area (Å²) >= 11 is 0. The van der Waals surface area contributed by atoms with Gasteiger partial charge in [0.25, 0.3) is 0 Å². The van der Waals surface area contributed by atoms with Gasteiger partial charge in [0.15, 0.2) is 28.6 Å². The van der Waals surface area contributed by atoms with E-state index in [9.17, 15) is 10.2 Å². The van der Waals surface area contributed by atoms with Gasteiger partial charge in [-0.2, -0.15) is 0 Å². The number of aromatic nitrogens is 6. The van der Waals surface area contributed by atoms with Gasteiger partial charge >= 0.3 is 0 Å². The van der Waals surface area contributed by atoms with Crippen LogP contribution in [0, 0.1) is 0 Å². The van der Waals surface area contributed by atoms with Crippen molar-refractivity contribution in [1.29, 1.82) is 0 Å². The molecule has 0 spiro atoms. The zero-order valence-corrected chi connectivity index (χ0v) is 18.9. The molecule has 0 saturated heterocycles. The predicted molar refractivity (Wildman–Crippen MR) is 132 cm³/mol. The molecule has 0 unspecified atom stereocenters. The molecule has 178 valence electrons. The molecule has 0 aliphatic carbocycles. The second kappa shape index (κ2) is 8.91. The number of benzene rings is 4. The Labute approximate surface area is 204 Å². The third kappa shape index (κ3) is 3.90. The molecule has 0 aliphatic heterocycles. The maximum atomic E-state index is 11.4. The fourth-order valence-corrected chi connectivity index (χ4v) is 3.86. The Morgan fingerprint density at radius 2 is 1.06 bits per heavy atom. The van der Waals surface area contributed by atoms with Crippen molar-refractivity contribution in [3.8, 4) is 34.4 Å². The normalized spacial score (nSPS) is 11.2. The smallest absolute Gasteiger partial charge is 0.178 e. The third-order valence-corrected chi connectivity index (χ3v) is 5.52. The van der Waals surface area contributed by atoms with E-state index in [4.69, 9.17) is 9.47 Å². The number of ether oxygens (including phenoxy) is 2. The van der Waals surface area contributed by atoms with E-state index in [1.807, 2.05) is 66.7 Å². The van der Waals surface area contributed by atoms with E-state index in [-0.39, 0.29) is 41.8 Å². The summed E-state index contributed by atoms with van der Waals surface area (Å²) in [6.45, 7) is 0.387. The molecule has 0 radical (unpaired) electrons. The van der Waals surface area contributed by atoms with E-state index in [0.717, 1.165) is 0 Å². The summed E-state index contributed by atoms with van der Waals surface area (Å²) < 4.78 is 11.6. The highest BCUT2D eigenvalue weighted by Crippen LogP contribution is 2.42. The molecule has 2 aromatic heterocycles. The summed E-state index contributed by atoms with van der Waals surface area (Å²) in [6, 6.07) is 25.3. The molecule has 10 heteroatoms. The molecule has 0 aliphatic rings. The molecule has 2 N–H and O–H groups in total. The first-order valence-corrected chi connectivity index (χ1v) is 11.2. The SMILES string of the molecule is Oc1cc(OCCOc2ccccc2)c(-n2nc3ccccc3n2)c(O)c1-n1nc2ccccc2n1. The quantitative estimate of drug-likeness (QED) is 0.329. The lowest BCUT2D eigenvalue weighted by Gasteiger charge is -2.16. The second-order valence-electron chi connectivity index (χ2n) is 7.91. The van der Waals surface area contributed by atoms with E-state index >= 15 is 0 Å². The number of para-hydroxylation sites is 1. The van der Waals surface area contributed by atoms with Crippen molar-refractivity contribution in [2.45, 2.75) is 0 Å². The van der Waals surface area contributed by atoms with Gasteiger partial charge in [0.2, 0.25) is 0 Å². The molecule has 0 bridgehead atoms. The molecule has 0 atom stereocenters. The van der Waals surface area contributed by atoms with Gasteiger partial charge < -0.3 is 19.7 Å². The number of hydrogen-bond donors (Lipinski definition) is 2. The van der Waals surface area contributed by atoms with E-state index in [1.165, 1.54) is 15.7 Å². The van der Waals surface area contributed by atoms with Crippen molar-refractivity contribution in [2.75, 3.05) is 13.2 Å². The summed E-state index contributed by atoms with van der Waals surface area (Å²) in [7, 11) is 0. The first-order valence-electron chi connectivity index (χ1n) is 11.2. The van der Waals surface area contributed by atoms with Gasteiger partial charge in [-0.3, -0.25) is 0 Å². The number of phenols is 2. The van der Waals surface area contributed by atoms with Gasteiger partial charge in [0.1, 0.15) is 41.0 Å². The summed E-state index contributed by atoms with van der Waals surface area (Å²) in [4.78, 5) is 2.46. The van der Waals surface area contributed by atoms with Crippen molar-refractivity contribution in [3.63, 3.8) is 0 Å². The number of fused-ring (bicyclic) bond motifs is 2. The summed E-state index contributed by atoms with van der Waals surface area (Å²) in [5.74, 6) is 0.267. The van der Waals surface area contributed by atoms with Gasteiger partial charge in [0, 0.05) is 6.07 Å². The van der Waals surface area contributed by atoms with Crippen LogP contribution in [0.15, 0.2) is 84.9 Å². The van der Waals surface area contributed by atoms with Crippen LogP contribution in [0.5, 0.6) is 23.0 Å². The Bertz CT molecular complexity index is 1610. The van der Waals surface area contributed by atoms with Crippen LogP contribution in [0.2, 0.25) is 0 Å². The van der Waals surface area contributed by atoms with Crippen LogP contribution in [-0.2, 0) is 0 Å². The highest BCUT2D eigenvalue weighted by molar-refractivity contribution is 5.77. The minimum atomic E-state index is -0.338. The van der Waals surface area contributed by atoms with Gasteiger partial charge in [-0.1, -0.05) is 42.5 Å². The lowest BCUT2D eigenvalue weighted by molar-refractivity contribution is 0.215. The predicted octanol–water partition coefficient (Wildman–Crippen LogP) is 4.02. The molecule has 36 heavy (non-hydrogen) atoms. The molecule has 6 aromatic rings. The number of rotatable bonds is 7. The minimum Gasteiger partial charge on any atom is -0.505 e. The molecule has 4 aromatic carbocycles. The highest BCUT2D eigenvalue weighted by Gasteiger charge is 2.25. The lowest BCUT2D eigenvalue weighted by atomic mass is 10.2. The third-order valence-electron chi connectivity index (χ3n) is 5.52. The summed E-state index contributed by atoms with van der Waals surface area (Å²) in [5.41, 5.74) is 2.61. The number of nitrogens with zero attached hydrogens (tertiary/aromatic N) is 6. The average Bonchev–Trinajstić information content (AvgIpc) is 3.51. The van der Waals surface area contributed by atoms with Gasteiger partial charge in [-0.05, 0) is 36.4 Å². The van der Waals surface area contributed by atoms with Crippen LogP contribution in [0.1, 0.15) is 0 Å². The number of hydrogen-bond acceptors (Lipinski definition) is 8. The van der Waals surface area contributed by atoms with Crippen LogP contribution < -0.4 is 9.47 Å². The molecule has 0 saturated carbocycles. The molecular weight excluding hydrogens is 460 g/mol. The van der Waals surface area contributed by atoms with Gasteiger partial charge in [-0.15, -0.1) is 30.0 Å². The fraction of sp³-hybridized carbons (Fsp3) is 0.0769. The van der Waals surface area contributed by atoms with E-state index in [0.29, 0.717) is 27.8 Å². The standard InChI is InChI=1S/C26H20N6O4/c33-22-16-23(36-15-14-35-17-8-2-1-3-9-17)25(32-29-20-12-6-7-13-21(20)30-32)26(34)24(22)31-27-18-10-4-5-11-19(18)28-31/h1-13,16,33-34H,14-15H2. The summed E-state index contributed by atoms with van der Waals surface area (Å²) in [5, 5.41) is 40.0. The zero-order chi connectivity index (χ0) is 24.5.